The number of amides is 3. The molecule has 0 saturated carbocycles. The molecule has 1 saturated heterocycles. The molecule has 2 rings (SSSR count). The van der Waals surface area contributed by atoms with Crippen LogP contribution in [0.4, 0.5) is 9.93 Å². The predicted octanol–water partition coefficient (Wildman–Crippen LogP) is 1.90. The van der Waals surface area contributed by atoms with Crippen molar-refractivity contribution < 1.29 is 9.59 Å². The number of primary amides is 1. The Morgan fingerprint density at radius 3 is 2.90 bits per heavy atom. The molecule has 20 heavy (non-hydrogen) atoms. The van der Waals surface area contributed by atoms with E-state index in [0.29, 0.717) is 18.2 Å². The lowest BCUT2D eigenvalue weighted by atomic mass is 9.97. The number of rotatable bonds is 3. The number of carbonyl (C=O) groups is 2. The number of aromatic nitrogens is 1. The molecular weight excluding hydrogens is 296 g/mol. The highest BCUT2D eigenvalue weighted by molar-refractivity contribution is 8.00. The molecule has 0 bridgehead atoms. The van der Waals surface area contributed by atoms with Gasteiger partial charge in [0.25, 0.3) is 0 Å². The number of likely N-dealkylation sites (tertiary alicyclic amines) is 1. The summed E-state index contributed by atoms with van der Waals surface area (Å²) in [6, 6.07) is -0.461. The van der Waals surface area contributed by atoms with E-state index in [1.165, 1.54) is 16.2 Å². The Morgan fingerprint density at radius 1 is 1.55 bits per heavy atom. The molecule has 0 aliphatic carbocycles. The lowest BCUT2D eigenvalue weighted by molar-refractivity contribution is -0.121. The molecule has 1 unspecified atom stereocenters. The highest BCUT2D eigenvalue weighted by Gasteiger charge is 2.28. The van der Waals surface area contributed by atoms with Gasteiger partial charge in [0.15, 0.2) is 5.13 Å². The number of carbonyl (C=O) groups excluding carboxylic acids is 2. The third-order valence-corrected chi connectivity index (χ3v) is 5.56. The monoisotopic (exact) mass is 314 g/mol. The number of thioether (sulfide) groups is 1. The van der Waals surface area contributed by atoms with Crippen LogP contribution in [0.15, 0.2) is 4.21 Å². The minimum absolute atomic E-state index is 0.0858. The molecule has 0 spiro atoms. The molecule has 1 aliphatic heterocycles. The van der Waals surface area contributed by atoms with Crippen LogP contribution in [0.2, 0.25) is 0 Å². The Labute approximate surface area is 126 Å². The van der Waals surface area contributed by atoms with Crippen molar-refractivity contribution in [2.24, 2.45) is 11.7 Å². The van der Waals surface area contributed by atoms with Crippen molar-refractivity contribution in [1.29, 1.82) is 0 Å². The number of thiazole rings is 1. The molecule has 1 aromatic heterocycles. The zero-order valence-electron chi connectivity index (χ0n) is 11.5. The summed E-state index contributed by atoms with van der Waals surface area (Å²) in [6.45, 7) is 2.94. The van der Waals surface area contributed by atoms with E-state index in [4.69, 9.17) is 5.73 Å². The highest BCUT2D eigenvalue weighted by Crippen LogP contribution is 2.30. The van der Waals surface area contributed by atoms with E-state index in [1.54, 1.807) is 11.8 Å². The molecule has 1 aliphatic rings. The zero-order valence-corrected chi connectivity index (χ0v) is 13.1. The van der Waals surface area contributed by atoms with E-state index in [0.717, 1.165) is 22.7 Å². The van der Waals surface area contributed by atoms with E-state index >= 15 is 0 Å². The number of nitrogens with two attached hydrogens (primary N) is 1. The Kier molecular flexibility index (Phi) is 4.87. The Hall–Kier alpha value is -1.28. The van der Waals surface area contributed by atoms with Gasteiger partial charge in [-0.1, -0.05) is 11.3 Å². The van der Waals surface area contributed by atoms with E-state index in [9.17, 15) is 9.59 Å². The van der Waals surface area contributed by atoms with Crippen LogP contribution in [-0.4, -0.2) is 41.2 Å². The number of nitrogens with one attached hydrogen (secondary N) is 1. The second-order valence-corrected chi connectivity index (χ2v) is 6.78. The van der Waals surface area contributed by atoms with E-state index in [-0.39, 0.29) is 11.8 Å². The van der Waals surface area contributed by atoms with Crippen LogP contribution >= 0.6 is 23.1 Å². The molecule has 3 amide bonds. The average Bonchev–Trinajstić information content (AvgIpc) is 2.78. The Balaban J connectivity index is 1.98. The largest absolute Gasteiger partial charge is 0.351 e. The topological polar surface area (TPSA) is 88.3 Å². The van der Waals surface area contributed by atoms with Crippen LogP contribution in [0, 0.1) is 12.8 Å². The minimum Gasteiger partial charge on any atom is -0.351 e. The van der Waals surface area contributed by atoms with Crippen molar-refractivity contribution in [3.05, 3.63) is 5.69 Å². The molecule has 110 valence electrons. The molecule has 1 aromatic rings. The van der Waals surface area contributed by atoms with Crippen molar-refractivity contribution in [3.8, 4) is 0 Å². The van der Waals surface area contributed by atoms with Gasteiger partial charge < -0.3 is 16.0 Å². The molecular formula is C12H18N4O2S2. The predicted molar refractivity (Wildman–Crippen MR) is 81.1 cm³/mol. The SMILES string of the molecule is CSc1sc(NC(=O)C2CCCN(C(N)=O)C2)nc1C. The lowest BCUT2D eigenvalue weighted by Gasteiger charge is -2.30. The van der Waals surface area contributed by atoms with Gasteiger partial charge in [-0.15, -0.1) is 11.8 Å². The number of anilines is 1. The first-order valence-corrected chi connectivity index (χ1v) is 8.42. The number of nitrogens with zero attached hydrogens (tertiary/aromatic N) is 2. The second kappa shape index (κ2) is 6.45. The van der Waals surface area contributed by atoms with Crippen molar-refractivity contribution >= 4 is 40.2 Å². The minimum atomic E-state index is -0.461. The van der Waals surface area contributed by atoms with Crippen molar-refractivity contribution in [3.63, 3.8) is 0 Å². The van der Waals surface area contributed by atoms with Gasteiger partial charge in [-0.05, 0) is 26.0 Å². The molecule has 2 heterocycles. The quantitative estimate of drug-likeness (QED) is 0.834. The number of piperidine rings is 1. The van der Waals surface area contributed by atoms with Crippen molar-refractivity contribution in [2.45, 2.75) is 24.0 Å². The van der Waals surface area contributed by atoms with Gasteiger partial charge in [0.2, 0.25) is 5.91 Å². The van der Waals surface area contributed by atoms with Crippen LogP contribution in [0.25, 0.3) is 0 Å². The number of aryl methyl sites for hydroxylation is 1. The van der Waals surface area contributed by atoms with Crippen LogP contribution in [-0.2, 0) is 4.79 Å². The lowest BCUT2D eigenvalue weighted by Crippen LogP contribution is -2.46. The fourth-order valence-electron chi connectivity index (χ4n) is 2.22. The molecule has 0 radical (unpaired) electrons. The van der Waals surface area contributed by atoms with E-state index in [2.05, 4.69) is 10.3 Å². The summed E-state index contributed by atoms with van der Waals surface area (Å²) >= 11 is 3.09. The Morgan fingerprint density at radius 2 is 2.30 bits per heavy atom. The first-order valence-electron chi connectivity index (χ1n) is 6.38. The molecule has 3 N–H and O–H groups in total. The highest BCUT2D eigenvalue weighted by atomic mass is 32.2. The van der Waals surface area contributed by atoms with E-state index in [1.807, 2.05) is 13.2 Å². The summed E-state index contributed by atoms with van der Waals surface area (Å²) in [4.78, 5) is 29.2. The van der Waals surface area contributed by atoms with Gasteiger partial charge in [-0.3, -0.25) is 4.79 Å². The van der Waals surface area contributed by atoms with Crippen molar-refractivity contribution in [1.82, 2.24) is 9.88 Å². The number of hydrogen-bond acceptors (Lipinski definition) is 5. The average molecular weight is 314 g/mol. The molecule has 0 aromatic carbocycles. The van der Waals surface area contributed by atoms with Crippen molar-refractivity contribution in [2.75, 3.05) is 24.7 Å². The summed E-state index contributed by atoms with van der Waals surface area (Å²) in [5, 5.41) is 3.46. The maximum atomic E-state index is 12.2. The molecule has 8 heteroatoms. The van der Waals surface area contributed by atoms with Crippen LogP contribution in [0.5, 0.6) is 0 Å². The fourth-order valence-corrected chi connectivity index (χ4v) is 3.84. The maximum Gasteiger partial charge on any atom is 0.314 e. The third kappa shape index (κ3) is 3.43. The second-order valence-electron chi connectivity index (χ2n) is 4.71. The van der Waals surface area contributed by atoms with Crippen LogP contribution in [0.3, 0.4) is 0 Å². The van der Waals surface area contributed by atoms with Crippen LogP contribution in [0.1, 0.15) is 18.5 Å². The maximum absolute atomic E-state index is 12.2. The fraction of sp³-hybridized carbons (Fsp3) is 0.583. The molecule has 1 atom stereocenters. The summed E-state index contributed by atoms with van der Waals surface area (Å²) in [6.07, 6.45) is 3.56. The van der Waals surface area contributed by atoms with Gasteiger partial charge in [-0.25, -0.2) is 9.78 Å². The summed E-state index contributed by atoms with van der Waals surface area (Å²) in [7, 11) is 0. The normalized spacial score (nSPS) is 18.9. The third-order valence-electron chi connectivity index (χ3n) is 3.27. The molecule has 1 fully saturated rings. The van der Waals surface area contributed by atoms with Crippen LogP contribution < -0.4 is 11.1 Å². The summed E-state index contributed by atoms with van der Waals surface area (Å²) in [5.41, 5.74) is 6.20. The first-order chi connectivity index (χ1) is 9.51. The summed E-state index contributed by atoms with van der Waals surface area (Å²) in [5.74, 6) is -0.296. The van der Waals surface area contributed by atoms with Gasteiger partial charge in [-0.2, -0.15) is 0 Å². The summed E-state index contributed by atoms with van der Waals surface area (Å²) < 4.78 is 1.10. The smallest absolute Gasteiger partial charge is 0.314 e. The van der Waals surface area contributed by atoms with Gasteiger partial charge in [0, 0.05) is 13.1 Å². The van der Waals surface area contributed by atoms with Gasteiger partial charge in [0.1, 0.15) is 0 Å². The van der Waals surface area contributed by atoms with E-state index < -0.39 is 6.03 Å². The first kappa shape index (κ1) is 15.1. The van der Waals surface area contributed by atoms with Gasteiger partial charge >= 0.3 is 6.03 Å². The number of urea groups is 1. The number of hydrogen-bond donors (Lipinski definition) is 2. The van der Waals surface area contributed by atoms with Gasteiger partial charge in [0.05, 0.1) is 15.8 Å². The standard InChI is InChI=1S/C12H18N4O2S2/c1-7-10(19-2)20-12(14-7)15-9(17)8-4-3-5-16(6-8)11(13)18/h8H,3-6H2,1-2H3,(H2,13,18)(H,14,15,17). The molecule has 6 nitrogen and oxygen atoms in total. The zero-order chi connectivity index (χ0) is 14.7. The Bertz CT molecular complexity index is 518.